The summed E-state index contributed by atoms with van der Waals surface area (Å²) in [6.07, 6.45) is 4.75. The summed E-state index contributed by atoms with van der Waals surface area (Å²) in [4.78, 5) is 26.1. The first-order valence-electron chi connectivity index (χ1n) is 14.3. The molecule has 1 aliphatic heterocycles. The number of urea groups is 1. The molecular weight excluding hydrogens is 585 g/mol. The number of pyridine rings is 2. The normalized spacial score (nSPS) is 14.2. The fraction of sp³-hybridized carbons (Fsp3) is 0.281. The van der Waals surface area contributed by atoms with Crippen LogP contribution in [0.2, 0.25) is 0 Å². The van der Waals surface area contributed by atoms with Crippen LogP contribution in [0, 0.1) is 12.7 Å². The van der Waals surface area contributed by atoms with Crippen LogP contribution in [-0.4, -0.2) is 65.9 Å². The van der Waals surface area contributed by atoms with Crippen LogP contribution in [0.3, 0.4) is 0 Å². The number of aromatic nitrogens is 2. The van der Waals surface area contributed by atoms with Crippen molar-refractivity contribution in [2.45, 2.75) is 37.2 Å². The van der Waals surface area contributed by atoms with Crippen LogP contribution in [-0.2, 0) is 16.4 Å². The van der Waals surface area contributed by atoms with Gasteiger partial charge in [0.2, 0.25) is 5.88 Å². The summed E-state index contributed by atoms with van der Waals surface area (Å²) in [5.41, 5.74) is 2.91. The smallest absolute Gasteiger partial charge is 0.326 e. The number of aliphatic hydroxyl groups excluding tert-OH is 1. The SMILES string of the molecule is Cc1ccc(NC(=O)N(c2cccc(F)c2)C2CCN(Cc3ccc(Oc4ccc(S(=O)(=O)CCO)cc4)nc3)CC2)cn1. The molecule has 0 aliphatic carbocycles. The zero-order valence-electron chi connectivity index (χ0n) is 24.3. The second kappa shape index (κ2) is 13.9. The summed E-state index contributed by atoms with van der Waals surface area (Å²) in [6, 6.07) is 18.9. The summed E-state index contributed by atoms with van der Waals surface area (Å²) in [6.45, 7) is 3.57. The van der Waals surface area contributed by atoms with Crippen LogP contribution < -0.4 is 15.0 Å². The Bertz CT molecular complexity index is 1660. The van der Waals surface area contributed by atoms with Crippen molar-refractivity contribution in [2.24, 2.45) is 0 Å². The summed E-state index contributed by atoms with van der Waals surface area (Å²) in [5.74, 6) is 0.0814. The number of halogens is 1. The fourth-order valence-corrected chi connectivity index (χ4v) is 6.10. The van der Waals surface area contributed by atoms with E-state index < -0.39 is 22.3 Å². The Morgan fingerprint density at radius 2 is 1.82 bits per heavy atom. The highest BCUT2D eigenvalue weighted by molar-refractivity contribution is 7.91. The number of piperidine rings is 1. The van der Waals surface area contributed by atoms with Gasteiger partial charge in [0.1, 0.15) is 11.6 Å². The molecule has 0 unspecified atom stereocenters. The van der Waals surface area contributed by atoms with Crippen LogP contribution in [0.15, 0.2) is 90.1 Å². The molecule has 2 amide bonds. The molecule has 0 saturated carbocycles. The van der Waals surface area contributed by atoms with Gasteiger partial charge < -0.3 is 15.2 Å². The first kappa shape index (κ1) is 31.0. The van der Waals surface area contributed by atoms with Crippen molar-refractivity contribution in [3.8, 4) is 11.6 Å². The molecule has 44 heavy (non-hydrogen) atoms. The second-order valence-corrected chi connectivity index (χ2v) is 12.7. The van der Waals surface area contributed by atoms with E-state index in [0.29, 0.717) is 42.4 Å². The van der Waals surface area contributed by atoms with Gasteiger partial charge in [0.15, 0.2) is 9.84 Å². The van der Waals surface area contributed by atoms with Gasteiger partial charge in [0, 0.05) is 49.3 Å². The molecule has 2 aromatic carbocycles. The van der Waals surface area contributed by atoms with Gasteiger partial charge in [-0.15, -0.1) is 0 Å². The molecule has 1 saturated heterocycles. The summed E-state index contributed by atoms with van der Waals surface area (Å²) in [7, 11) is -3.53. The van der Waals surface area contributed by atoms with E-state index in [9.17, 15) is 17.6 Å². The quantitative estimate of drug-likeness (QED) is 0.249. The standard InChI is InChI=1S/C32H34FN5O5S/c1-23-5-7-26(21-34-23)36-32(40)38(28-4-2-3-25(33)19-28)27-13-15-37(16-14-27)22-24-6-12-31(35-20-24)43-29-8-10-30(11-9-29)44(41,42)18-17-39/h2-12,19-21,27,39H,13-18,22H2,1H3,(H,36,40). The van der Waals surface area contributed by atoms with Crippen LogP contribution in [0.4, 0.5) is 20.6 Å². The molecule has 12 heteroatoms. The van der Waals surface area contributed by atoms with Gasteiger partial charge in [-0.1, -0.05) is 12.1 Å². The van der Waals surface area contributed by atoms with Crippen LogP contribution in [0.25, 0.3) is 0 Å². The van der Waals surface area contributed by atoms with Gasteiger partial charge in [0.05, 0.1) is 29.1 Å². The largest absolute Gasteiger partial charge is 0.439 e. The minimum Gasteiger partial charge on any atom is -0.439 e. The van der Waals surface area contributed by atoms with E-state index in [-0.39, 0.29) is 22.7 Å². The van der Waals surface area contributed by atoms with Gasteiger partial charge in [-0.3, -0.25) is 14.8 Å². The predicted molar refractivity (Wildman–Crippen MR) is 165 cm³/mol. The van der Waals surface area contributed by atoms with E-state index in [1.54, 1.807) is 53.7 Å². The molecule has 230 valence electrons. The number of sulfone groups is 1. The van der Waals surface area contributed by atoms with Crippen molar-refractivity contribution < 1.29 is 27.4 Å². The number of hydrogen-bond donors (Lipinski definition) is 2. The lowest BCUT2D eigenvalue weighted by molar-refractivity contribution is 0.199. The minimum atomic E-state index is -3.53. The van der Waals surface area contributed by atoms with Crippen LogP contribution in [0.1, 0.15) is 24.1 Å². The Balaban J connectivity index is 1.18. The first-order chi connectivity index (χ1) is 21.2. The average molecular weight is 620 g/mol. The molecule has 5 rings (SSSR count). The maximum atomic E-state index is 14.1. The number of aryl methyl sites for hydroxylation is 1. The maximum absolute atomic E-state index is 14.1. The van der Waals surface area contributed by atoms with Crippen LogP contribution >= 0.6 is 0 Å². The van der Waals surface area contributed by atoms with Crippen molar-refractivity contribution in [3.05, 3.63) is 102 Å². The number of carbonyl (C=O) groups excluding carboxylic acids is 1. The zero-order chi connectivity index (χ0) is 31.1. The zero-order valence-corrected chi connectivity index (χ0v) is 25.1. The number of nitrogens with one attached hydrogen (secondary N) is 1. The maximum Gasteiger partial charge on any atom is 0.326 e. The van der Waals surface area contributed by atoms with E-state index in [4.69, 9.17) is 9.84 Å². The Kier molecular flexibility index (Phi) is 9.83. The fourth-order valence-electron chi connectivity index (χ4n) is 5.08. The molecule has 4 aromatic rings. The Labute approximate surface area is 256 Å². The molecule has 1 fully saturated rings. The number of aliphatic hydroxyl groups is 1. The van der Waals surface area contributed by atoms with Gasteiger partial charge in [0.25, 0.3) is 0 Å². The number of rotatable bonds is 10. The molecule has 10 nitrogen and oxygen atoms in total. The monoisotopic (exact) mass is 619 g/mol. The van der Waals surface area contributed by atoms with E-state index in [2.05, 4.69) is 20.2 Å². The van der Waals surface area contributed by atoms with Crippen molar-refractivity contribution >= 4 is 27.2 Å². The first-order valence-corrected chi connectivity index (χ1v) is 15.9. The van der Waals surface area contributed by atoms with E-state index in [0.717, 1.165) is 24.3 Å². The van der Waals surface area contributed by atoms with E-state index in [1.807, 2.05) is 19.1 Å². The molecule has 0 radical (unpaired) electrons. The highest BCUT2D eigenvalue weighted by Crippen LogP contribution is 2.27. The van der Waals surface area contributed by atoms with Gasteiger partial charge >= 0.3 is 6.03 Å². The molecule has 3 heterocycles. The second-order valence-electron chi connectivity index (χ2n) is 10.6. The number of amides is 2. The lowest BCUT2D eigenvalue weighted by Crippen LogP contribution is -2.49. The molecular formula is C32H34FN5O5S. The number of ether oxygens (including phenoxy) is 1. The Morgan fingerprint density at radius 1 is 1.05 bits per heavy atom. The number of anilines is 2. The predicted octanol–water partition coefficient (Wildman–Crippen LogP) is 5.19. The average Bonchev–Trinajstić information content (AvgIpc) is 3.01. The lowest BCUT2D eigenvalue weighted by Gasteiger charge is -2.38. The molecule has 2 N–H and O–H groups in total. The third-order valence-corrected chi connectivity index (χ3v) is 9.07. The summed E-state index contributed by atoms with van der Waals surface area (Å²) < 4.78 is 44.1. The molecule has 0 spiro atoms. The molecule has 0 bridgehead atoms. The number of likely N-dealkylation sites (tertiary alicyclic amines) is 1. The minimum absolute atomic E-state index is 0.120. The highest BCUT2D eigenvalue weighted by atomic mass is 32.2. The third kappa shape index (κ3) is 7.95. The van der Waals surface area contributed by atoms with E-state index in [1.165, 1.54) is 24.3 Å². The molecule has 2 aromatic heterocycles. The topological polar surface area (TPSA) is 125 Å². The van der Waals surface area contributed by atoms with Crippen LogP contribution in [0.5, 0.6) is 11.6 Å². The number of benzene rings is 2. The van der Waals surface area contributed by atoms with E-state index >= 15 is 0 Å². The highest BCUT2D eigenvalue weighted by Gasteiger charge is 2.30. The van der Waals surface area contributed by atoms with Crippen molar-refractivity contribution in [3.63, 3.8) is 0 Å². The Hall–Kier alpha value is -4.39. The summed E-state index contributed by atoms with van der Waals surface area (Å²) in [5, 5.41) is 11.9. The van der Waals surface area contributed by atoms with Gasteiger partial charge in [-0.05, 0) is 79.9 Å². The number of nitrogens with zero attached hydrogens (tertiary/aromatic N) is 4. The Morgan fingerprint density at radius 3 is 2.45 bits per heavy atom. The molecule has 0 atom stereocenters. The van der Waals surface area contributed by atoms with Crippen molar-refractivity contribution in [2.75, 3.05) is 35.7 Å². The van der Waals surface area contributed by atoms with Crippen molar-refractivity contribution in [1.82, 2.24) is 14.9 Å². The third-order valence-electron chi connectivity index (χ3n) is 7.36. The number of carbonyl (C=O) groups is 1. The number of hydrogen-bond acceptors (Lipinski definition) is 8. The summed E-state index contributed by atoms with van der Waals surface area (Å²) >= 11 is 0. The van der Waals surface area contributed by atoms with Gasteiger partial charge in [-0.2, -0.15) is 0 Å². The van der Waals surface area contributed by atoms with Gasteiger partial charge in [-0.25, -0.2) is 22.6 Å². The lowest BCUT2D eigenvalue weighted by atomic mass is 10.0. The van der Waals surface area contributed by atoms with Crippen molar-refractivity contribution in [1.29, 1.82) is 0 Å². The molecule has 1 aliphatic rings.